The van der Waals surface area contributed by atoms with E-state index in [0.717, 1.165) is 62.6 Å². The maximum absolute atomic E-state index is 12.9. The first kappa shape index (κ1) is 22.6. The van der Waals surface area contributed by atoms with Crippen LogP contribution >= 0.6 is 0 Å². The lowest BCUT2D eigenvalue weighted by Gasteiger charge is -2.26. The van der Waals surface area contributed by atoms with Gasteiger partial charge < -0.3 is 19.5 Å². The largest absolute Gasteiger partial charge is 0.493 e. The molecule has 1 unspecified atom stereocenters. The summed E-state index contributed by atoms with van der Waals surface area (Å²) in [6.45, 7) is 6.21. The summed E-state index contributed by atoms with van der Waals surface area (Å²) >= 11 is 0. The molecule has 1 aliphatic heterocycles. The van der Waals surface area contributed by atoms with Gasteiger partial charge in [-0.15, -0.1) is 0 Å². The highest BCUT2D eigenvalue weighted by molar-refractivity contribution is 5.94. The maximum Gasteiger partial charge on any atom is 0.251 e. The Kier molecular flexibility index (Phi) is 7.66. The van der Waals surface area contributed by atoms with Crippen LogP contribution in [0.25, 0.3) is 0 Å². The van der Waals surface area contributed by atoms with Crippen LogP contribution in [0.5, 0.6) is 11.5 Å². The summed E-state index contributed by atoms with van der Waals surface area (Å²) in [5.74, 6) is 1.41. The van der Waals surface area contributed by atoms with Crippen LogP contribution in [0, 0.1) is 0 Å². The summed E-state index contributed by atoms with van der Waals surface area (Å²) in [5, 5.41) is 3.12. The molecule has 0 spiro atoms. The van der Waals surface area contributed by atoms with E-state index in [9.17, 15) is 4.79 Å². The van der Waals surface area contributed by atoms with Gasteiger partial charge in [0.25, 0.3) is 5.91 Å². The van der Waals surface area contributed by atoms with E-state index < -0.39 is 0 Å². The number of hydrogen-bond acceptors (Lipinski definition) is 5. The third-order valence-corrected chi connectivity index (χ3v) is 6.33. The second-order valence-corrected chi connectivity index (χ2v) is 8.72. The first-order valence-electron chi connectivity index (χ1n) is 11.7. The van der Waals surface area contributed by atoms with E-state index >= 15 is 0 Å². The Morgan fingerprint density at radius 2 is 1.91 bits per heavy atom. The first-order valence-corrected chi connectivity index (χ1v) is 11.7. The fourth-order valence-corrected chi connectivity index (χ4v) is 4.43. The van der Waals surface area contributed by atoms with Gasteiger partial charge in [-0.1, -0.05) is 18.2 Å². The Morgan fingerprint density at radius 3 is 2.66 bits per heavy atom. The van der Waals surface area contributed by atoms with Gasteiger partial charge in [-0.25, -0.2) is 0 Å². The van der Waals surface area contributed by atoms with Gasteiger partial charge >= 0.3 is 0 Å². The minimum atomic E-state index is -0.153. The topological polar surface area (TPSA) is 60.0 Å². The highest BCUT2D eigenvalue weighted by atomic mass is 16.5. The Labute approximate surface area is 190 Å². The lowest BCUT2D eigenvalue weighted by Crippen LogP contribution is -2.35. The molecule has 1 heterocycles. The van der Waals surface area contributed by atoms with Crippen molar-refractivity contribution in [3.05, 3.63) is 59.2 Å². The molecule has 1 saturated heterocycles. The van der Waals surface area contributed by atoms with E-state index in [4.69, 9.17) is 14.2 Å². The van der Waals surface area contributed by atoms with Crippen molar-refractivity contribution in [3.63, 3.8) is 0 Å². The minimum absolute atomic E-state index is 0.0772. The Bertz CT molecular complexity index is 904. The van der Waals surface area contributed by atoms with E-state index in [2.05, 4.69) is 16.3 Å². The summed E-state index contributed by atoms with van der Waals surface area (Å²) < 4.78 is 17.1. The number of ether oxygens (including phenoxy) is 3. The predicted molar refractivity (Wildman–Crippen MR) is 124 cm³/mol. The zero-order valence-corrected chi connectivity index (χ0v) is 19.1. The van der Waals surface area contributed by atoms with Gasteiger partial charge in [0.05, 0.1) is 32.5 Å². The fourth-order valence-electron chi connectivity index (χ4n) is 4.43. The molecule has 4 rings (SSSR count). The van der Waals surface area contributed by atoms with Crippen molar-refractivity contribution in [1.29, 1.82) is 0 Å². The molecule has 2 aliphatic rings. The van der Waals surface area contributed by atoms with Gasteiger partial charge in [-0.3, -0.25) is 9.69 Å². The second kappa shape index (κ2) is 10.8. The Morgan fingerprint density at radius 1 is 1.12 bits per heavy atom. The van der Waals surface area contributed by atoms with Gasteiger partial charge in [0, 0.05) is 25.2 Å². The number of carbonyl (C=O) groups is 1. The zero-order chi connectivity index (χ0) is 22.3. The normalized spacial score (nSPS) is 18.3. The molecule has 1 atom stereocenters. The van der Waals surface area contributed by atoms with E-state index in [0.29, 0.717) is 11.3 Å². The second-order valence-electron chi connectivity index (χ2n) is 8.72. The smallest absolute Gasteiger partial charge is 0.251 e. The number of rotatable bonds is 8. The molecule has 2 aromatic carbocycles. The van der Waals surface area contributed by atoms with Gasteiger partial charge in [0.2, 0.25) is 0 Å². The van der Waals surface area contributed by atoms with Crippen molar-refractivity contribution in [2.75, 3.05) is 33.4 Å². The lowest BCUT2D eigenvalue weighted by molar-refractivity contribution is 0.0342. The van der Waals surface area contributed by atoms with Crippen molar-refractivity contribution in [3.8, 4) is 11.5 Å². The lowest BCUT2D eigenvalue weighted by atomic mass is 10.1. The van der Waals surface area contributed by atoms with Gasteiger partial charge in [-0.2, -0.15) is 0 Å². The van der Waals surface area contributed by atoms with Crippen LogP contribution < -0.4 is 14.8 Å². The summed E-state index contributed by atoms with van der Waals surface area (Å²) in [7, 11) is 1.66. The number of morpholine rings is 1. The molecule has 6 nitrogen and oxygen atoms in total. The Hall–Kier alpha value is -2.57. The van der Waals surface area contributed by atoms with E-state index in [1.54, 1.807) is 7.11 Å². The average molecular weight is 439 g/mol. The van der Waals surface area contributed by atoms with Gasteiger partial charge in [0.1, 0.15) is 0 Å². The number of hydrogen-bond donors (Lipinski definition) is 1. The average Bonchev–Trinajstić information content (AvgIpc) is 3.33. The predicted octanol–water partition coefficient (Wildman–Crippen LogP) is 4.34. The van der Waals surface area contributed by atoms with Crippen LogP contribution in [0.4, 0.5) is 0 Å². The van der Waals surface area contributed by atoms with Crippen LogP contribution in [0.15, 0.2) is 42.5 Å². The Balaban J connectivity index is 1.39. The minimum Gasteiger partial charge on any atom is -0.493 e. The van der Waals surface area contributed by atoms with Crippen LogP contribution in [-0.2, 0) is 11.3 Å². The molecular weight excluding hydrogens is 404 g/mol. The quantitative estimate of drug-likeness (QED) is 0.664. The third kappa shape index (κ3) is 5.81. The van der Waals surface area contributed by atoms with Crippen molar-refractivity contribution >= 4 is 5.91 Å². The number of methoxy groups -OCH3 is 1. The molecule has 1 saturated carbocycles. The van der Waals surface area contributed by atoms with Gasteiger partial charge in [-0.05, 0) is 68.0 Å². The van der Waals surface area contributed by atoms with Crippen molar-refractivity contribution in [2.24, 2.45) is 0 Å². The molecule has 0 bridgehead atoms. The highest BCUT2D eigenvalue weighted by Crippen LogP contribution is 2.33. The molecule has 0 aromatic heterocycles. The monoisotopic (exact) mass is 438 g/mol. The number of nitrogens with zero attached hydrogens (tertiary/aromatic N) is 1. The van der Waals surface area contributed by atoms with Crippen LogP contribution in [0.2, 0.25) is 0 Å². The summed E-state index contributed by atoms with van der Waals surface area (Å²) in [5.41, 5.74) is 2.80. The third-order valence-electron chi connectivity index (χ3n) is 6.33. The molecule has 1 aliphatic carbocycles. The van der Waals surface area contributed by atoms with Crippen molar-refractivity contribution < 1.29 is 19.0 Å². The molecule has 172 valence electrons. The van der Waals surface area contributed by atoms with Crippen LogP contribution in [-0.4, -0.2) is 50.3 Å². The molecule has 2 fully saturated rings. The molecule has 2 aromatic rings. The van der Waals surface area contributed by atoms with E-state index in [1.165, 1.54) is 12.8 Å². The van der Waals surface area contributed by atoms with Crippen molar-refractivity contribution in [2.45, 2.75) is 51.3 Å². The van der Waals surface area contributed by atoms with Crippen LogP contribution in [0.3, 0.4) is 0 Å². The first-order chi connectivity index (χ1) is 15.6. The number of carbonyl (C=O) groups excluding carboxylic acids is 1. The molecular formula is C26H34N2O4. The number of benzene rings is 2. The fraction of sp³-hybridized carbons (Fsp3) is 0.500. The van der Waals surface area contributed by atoms with Crippen molar-refractivity contribution in [1.82, 2.24) is 10.2 Å². The van der Waals surface area contributed by atoms with E-state index in [-0.39, 0.29) is 18.1 Å². The van der Waals surface area contributed by atoms with Crippen LogP contribution in [0.1, 0.15) is 60.1 Å². The molecule has 32 heavy (non-hydrogen) atoms. The highest BCUT2D eigenvalue weighted by Gasteiger charge is 2.20. The summed E-state index contributed by atoms with van der Waals surface area (Å²) in [6, 6.07) is 13.6. The zero-order valence-electron chi connectivity index (χ0n) is 19.1. The standard InChI is InChI=1S/C26H34N2O4/c1-19(21-10-11-24(25(17-21)30-2)32-23-8-3-4-9-23)27-26(29)22-7-5-6-20(16-22)18-28-12-14-31-15-13-28/h5-7,10-11,16-17,19,23H,3-4,8-9,12-15,18H2,1-2H3,(H,27,29). The summed E-state index contributed by atoms with van der Waals surface area (Å²) in [6.07, 6.45) is 4.92. The SMILES string of the molecule is COc1cc(C(C)NC(=O)c2cccc(CN3CCOCC3)c2)ccc1OC1CCCC1. The molecule has 1 N–H and O–H groups in total. The number of nitrogens with one attached hydrogen (secondary N) is 1. The number of amides is 1. The molecule has 0 radical (unpaired) electrons. The van der Waals surface area contributed by atoms with E-state index in [1.807, 2.05) is 43.3 Å². The summed E-state index contributed by atoms with van der Waals surface area (Å²) in [4.78, 5) is 15.3. The maximum atomic E-state index is 12.9. The molecule has 1 amide bonds. The molecule has 6 heteroatoms. The van der Waals surface area contributed by atoms with Gasteiger partial charge in [0.15, 0.2) is 11.5 Å².